The summed E-state index contributed by atoms with van der Waals surface area (Å²) in [5.41, 5.74) is 5.09. The van der Waals surface area contributed by atoms with Crippen molar-refractivity contribution in [3.05, 3.63) is 75.2 Å². The summed E-state index contributed by atoms with van der Waals surface area (Å²) in [5, 5.41) is 9.97. The van der Waals surface area contributed by atoms with E-state index in [-0.39, 0.29) is 11.9 Å². The van der Waals surface area contributed by atoms with Gasteiger partial charge in [-0.25, -0.2) is 5.01 Å². The number of hydrogen-bond acceptors (Lipinski definition) is 4. The maximum Gasteiger partial charge on any atom is 0.281 e. The molecule has 1 N–H and O–H groups in total. The fourth-order valence-electron chi connectivity index (χ4n) is 3.43. The van der Waals surface area contributed by atoms with Crippen molar-refractivity contribution in [3.63, 3.8) is 0 Å². The van der Waals surface area contributed by atoms with Gasteiger partial charge in [0, 0.05) is 29.6 Å². The maximum absolute atomic E-state index is 12.9. The molecule has 2 aromatic carbocycles. The molecule has 4 rings (SSSR count). The molecule has 0 aromatic heterocycles. The molecule has 2 aliphatic heterocycles. The van der Waals surface area contributed by atoms with E-state index < -0.39 is 0 Å². The SMILES string of the molecule is O=C(NN1CC=CCC1)C1=NN(c2ccc(Cl)cc2Cl)C(c2ccc(Cl)cc2)C1. The normalized spacial score (nSPS) is 19.3. The highest BCUT2D eigenvalue weighted by Gasteiger charge is 2.34. The van der Waals surface area contributed by atoms with E-state index in [1.165, 1.54) is 0 Å². The van der Waals surface area contributed by atoms with E-state index in [0.717, 1.165) is 18.5 Å². The van der Waals surface area contributed by atoms with Crippen LogP contribution in [-0.2, 0) is 4.79 Å². The minimum Gasteiger partial charge on any atom is -0.283 e. The summed E-state index contributed by atoms with van der Waals surface area (Å²) < 4.78 is 0. The van der Waals surface area contributed by atoms with Crippen molar-refractivity contribution in [2.24, 2.45) is 5.10 Å². The van der Waals surface area contributed by atoms with Gasteiger partial charge < -0.3 is 0 Å². The molecule has 0 saturated carbocycles. The van der Waals surface area contributed by atoms with Crippen molar-refractivity contribution in [2.75, 3.05) is 18.1 Å². The van der Waals surface area contributed by atoms with E-state index in [4.69, 9.17) is 34.8 Å². The van der Waals surface area contributed by atoms with Gasteiger partial charge >= 0.3 is 0 Å². The van der Waals surface area contributed by atoms with Crippen LogP contribution in [0.25, 0.3) is 0 Å². The van der Waals surface area contributed by atoms with Crippen LogP contribution >= 0.6 is 34.8 Å². The number of rotatable bonds is 4. The lowest BCUT2D eigenvalue weighted by Crippen LogP contribution is -2.46. The Labute approximate surface area is 184 Å². The first-order valence-electron chi connectivity index (χ1n) is 9.29. The van der Waals surface area contributed by atoms with Gasteiger partial charge in [0.1, 0.15) is 5.71 Å². The number of nitrogens with zero attached hydrogens (tertiary/aromatic N) is 3. The molecule has 8 heteroatoms. The quantitative estimate of drug-likeness (QED) is 0.649. The van der Waals surface area contributed by atoms with Crippen molar-refractivity contribution in [3.8, 4) is 0 Å². The molecule has 0 bridgehead atoms. The molecule has 0 aliphatic carbocycles. The Morgan fingerprint density at radius 2 is 1.79 bits per heavy atom. The summed E-state index contributed by atoms with van der Waals surface area (Å²) >= 11 is 18.5. The standard InChI is InChI=1S/C21H19Cl3N4O/c22-15-6-4-14(5-7-15)20-13-18(21(29)26-27-10-2-1-3-11-27)25-28(20)19-9-8-16(23)12-17(19)24/h1-2,4-9,12,20H,3,10-11,13H2,(H,26,29). The van der Waals surface area contributed by atoms with Gasteiger partial charge in [0.25, 0.3) is 5.91 Å². The molecule has 2 heterocycles. The van der Waals surface area contributed by atoms with E-state index in [1.54, 1.807) is 17.1 Å². The third kappa shape index (κ3) is 4.59. The average Bonchev–Trinajstić information content (AvgIpc) is 3.14. The second-order valence-electron chi connectivity index (χ2n) is 6.91. The zero-order valence-corrected chi connectivity index (χ0v) is 17.8. The van der Waals surface area contributed by atoms with Crippen LogP contribution in [0.4, 0.5) is 5.69 Å². The Balaban J connectivity index is 1.63. The summed E-state index contributed by atoms with van der Waals surface area (Å²) in [6, 6.07) is 12.6. The first kappa shape index (κ1) is 20.2. The van der Waals surface area contributed by atoms with Crippen LogP contribution in [0.15, 0.2) is 59.7 Å². The van der Waals surface area contributed by atoms with Crippen LogP contribution in [-0.4, -0.2) is 29.7 Å². The first-order chi connectivity index (χ1) is 14.0. The third-order valence-electron chi connectivity index (χ3n) is 4.90. The number of carbonyl (C=O) groups is 1. The fraction of sp³-hybridized carbons (Fsp3) is 0.238. The van der Waals surface area contributed by atoms with Gasteiger partial charge in [-0.05, 0) is 42.3 Å². The zero-order chi connectivity index (χ0) is 20.4. The molecule has 0 spiro atoms. The monoisotopic (exact) mass is 448 g/mol. The van der Waals surface area contributed by atoms with Gasteiger partial charge in [0.15, 0.2) is 0 Å². The molecule has 5 nitrogen and oxygen atoms in total. The molecule has 1 atom stereocenters. The number of hydrogen-bond donors (Lipinski definition) is 1. The minimum absolute atomic E-state index is 0.173. The van der Waals surface area contributed by atoms with Crippen molar-refractivity contribution >= 4 is 52.1 Å². The van der Waals surface area contributed by atoms with Gasteiger partial charge in [0.2, 0.25) is 0 Å². The van der Waals surface area contributed by atoms with Crippen LogP contribution < -0.4 is 10.4 Å². The highest BCUT2D eigenvalue weighted by Crippen LogP contribution is 2.39. The summed E-state index contributed by atoms with van der Waals surface area (Å²) in [6.07, 6.45) is 5.51. The molecular formula is C21H19Cl3N4O. The molecule has 2 aliphatic rings. The largest absolute Gasteiger partial charge is 0.283 e. The lowest BCUT2D eigenvalue weighted by Gasteiger charge is -2.25. The number of benzene rings is 2. The van der Waals surface area contributed by atoms with Gasteiger partial charge in [-0.15, -0.1) is 0 Å². The number of carbonyl (C=O) groups excluding carboxylic acids is 1. The summed E-state index contributed by atoms with van der Waals surface area (Å²) in [4.78, 5) is 12.9. The lowest BCUT2D eigenvalue weighted by molar-refractivity contribution is -0.119. The Hall–Kier alpha value is -2.05. The third-order valence-corrected chi connectivity index (χ3v) is 5.69. The Morgan fingerprint density at radius 3 is 2.48 bits per heavy atom. The van der Waals surface area contributed by atoms with Gasteiger partial charge in [-0.3, -0.25) is 15.2 Å². The summed E-state index contributed by atoms with van der Waals surface area (Å²) in [7, 11) is 0. The van der Waals surface area contributed by atoms with Gasteiger partial charge in [0.05, 0.1) is 16.8 Å². The number of hydrazone groups is 1. The highest BCUT2D eigenvalue weighted by atomic mass is 35.5. The van der Waals surface area contributed by atoms with Crippen molar-refractivity contribution < 1.29 is 4.79 Å². The van der Waals surface area contributed by atoms with E-state index in [0.29, 0.717) is 39.4 Å². The van der Waals surface area contributed by atoms with Gasteiger partial charge in [-0.2, -0.15) is 5.10 Å². The molecule has 29 heavy (non-hydrogen) atoms. The first-order valence-corrected chi connectivity index (χ1v) is 10.4. The van der Waals surface area contributed by atoms with Crippen LogP contribution in [0.2, 0.25) is 15.1 Å². The minimum atomic E-state index is -0.202. The predicted octanol–water partition coefficient (Wildman–Crippen LogP) is 5.25. The van der Waals surface area contributed by atoms with E-state index in [1.807, 2.05) is 41.4 Å². The second kappa shape index (κ2) is 8.76. The molecule has 1 unspecified atom stereocenters. The van der Waals surface area contributed by atoms with Crippen molar-refractivity contribution in [2.45, 2.75) is 18.9 Å². The Bertz CT molecular complexity index is 974. The van der Waals surface area contributed by atoms with E-state index in [2.05, 4.69) is 16.6 Å². The van der Waals surface area contributed by atoms with Crippen LogP contribution in [0.3, 0.4) is 0 Å². The lowest BCUT2D eigenvalue weighted by atomic mass is 10.0. The zero-order valence-electron chi connectivity index (χ0n) is 15.5. The van der Waals surface area contributed by atoms with E-state index in [9.17, 15) is 4.79 Å². The number of amides is 1. The van der Waals surface area contributed by atoms with Crippen molar-refractivity contribution in [1.29, 1.82) is 0 Å². The molecule has 0 saturated heterocycles. The second-order valence-corrected chi connectivity index (χ2v) is 8.19. The number of hydrazine groups is 1. The van der Waals surface area contributed by atoms with Gasteiger partial charge in [-0.1, -0.05) is 59.1 Å². The molecule has 0 fully saturated rings. The van der Waals surface area contributed by atoms with E-state index >= 15 is 0 Å². The highest BCUT2D eigenvalue weighted by molar-refractivity contribution is 6.40. The molecule has 1 amide bonds. The number of anilines is 1. The maximum atomic E-state index is 12.9. The van der Waals surface area contributed by atoms with Crippen LogP contribution in [0, 0.1) is 0 Å². The molecule has 150 valence electrons. The Kier molecular flexibility index (Phi) is 6.11. The Morgan fingerprint density at radius 1 is 1.03 bits per heavy atom. The number of halogens is 3. The van der Waals surface area contributed by atoms with Crippen molar-refractivity contribution in [1.82, 2.24) is 10.4 Å². The smallest absolute Gasteiger partial charge is 0.281 e. The van der Waals surface area contributed by atoms with Crippen LogP contribution in [0.1, 0.15) is 24.4 Å². The fourth-order valence-corrected chi connectivity index (χ4v) is 4.05. The summed E-state index contributed by atoms with van der Waals surface area (Å²) in [5.74, 6) is -0.202. The number of nitrogens with one attached hydrogen (secondary N) is 1. The predicted molar refractivity (Wildman–Crippen MR) is 119 cm³/mol. The molecular weight excluding hydrogens is 431 g/mol. The molecule has 0 radical (unpaired) electrons. The molecule has 2 aromatic rings. The average molecular weight is 450 g/mol. The topological polar surface area (TPSA) is 47.9 Å². The summed E-state index contributed by atoms with van der Waals surface area (Å²) in [6.45, 7) is 1.47. The van der Waals surface area contributed by atoms with Crippen LogP contribution in [0.5, 0.6) is 0 Å².